The van der Waals surface area contributed by atoms with Crippen LogP contribution in [0.1, 0.15) is 15.9 Å². The molecule has 1 heterocycles. The molecule has 4 nitrogen and oxygen atoms in total. The Kier molecular flexibility index (Phi) is 3.97. The molecule has 4 aromatic rings. The molecule has 0 radical (unpaired) electrons. The zero-order valence-electron chi connectivity index (χ0n) is 14.0. The molecule has 0 aliphatic rings. The summed E-state index contributed by atoms with van der Waals surface area (Å²) in [6, 6.07) is 18.7. The van der Waals surface area contributed by atoms with Crippen LogP contribution in [-0.4, -0.2) is 11.1 Å². The number of amides is 1. The van der Waals surface area contributed by atoms with Crippen molar-refractivity contribution in [3.8, 4) is 11.3 Å². The average Bonchev–Trinajstić information content (AvgIpc) is 3.07. The number of nitrogens with one attached hydrogen (secondary N) is 1. The molecule has 0 fully saturated rings. The van der Waals surface area contributed by atoms with Crippen LogP contribution in [0.4, 0.5) is 10.1 Å². The minimum absolute atomic E-state index is 0.220. The molecular weight excluding hydrogens is 331 g/mol. The third-order valence-corrected chi connectivity index (χ3v) is 4.15. The van der Waals surface area contributed by atoms with E-state index in [4.69, 9.17) is 4.52 Å². The molecule has 0 saturated carbocycles. The number of aryl methyl sites for hydroxylation is 1. The van der Waals surface area contributed by atoms with Crippen molar-refractivity contribution in [2.75, 3.05) is 5.32 Å². The first-order valence-electron chi connectivity index (χ1n) is 8.13. The van der Waals surface area contributed by atoms with Crippen molar-refractivity contribution in [3.05, 3.63) is 83.7 Å². The van der Waals surface area contributed by atoms with E-state index in [1.807, 2.05) is 31.2 Å². The monoisotopic (exact) mass is 346 g/mol. The summed E-state index contributed by atoms with van der Waals surface area (Å²) >= 11 is 0. The first kappa shape index (κ1) is 16.0. The first-order valence-corrected chi connectivity index (χ1v) is 8.13. The van der Waals surface area contributed by atoms with E-state index < -0.39 is 0 Å². The Morgan fingerprint density at radius 3 is 2.46 bits per heavy atom. The van der Waals surface area contributed by atoms with Crippen LogP contribution in [0, 0.1) is 12.7 Å². The Morgan fingerprint density at radius 2 is 1.73 bits per heavy atom. The molecule has 3 aromatic carbocycles. The molecular formula is C21H15FN2O2. The number of fused-ring (bicyclic) bond motifs is 1. The van der Waals surface area contributed by atoms with Gasteiger partial charge in [-0.1, -0.05) is 22.9 Å². The highest BCUT2D eigenvalue weighted by atomic mass is 19.1. The van der Waals surface area contributed by atoms with Gasteiger partial charge in [-0.3, -0.25) is 4.79 Å². The molecule has 0 bridgehead atoms. The topological polar surface area (TPSA) is 55.1 Å². The molecule has 4 rings (SSSR count). The van der Waals surface area contributed by atoms with Crippen LogP contribution in [0.2, 0.25) is 0 Å². The van der Waals surface area contributed by atoms with Gasteiger partial charge in [-0.2, -0.15) is 0 Å². The second-order valence-electron chi connectivity index (χ2n) is 6.07. The highest BCUT2D eigenvalue weighted by molar-refractivity contribution is 6.07. The fourth-order valence-electron chi connectivity index (χ4n) is 2.73. The highest BCUT2D eigenvalue weighted by Crippen LogP contribution is 2.29. The summed E-state index contributed by atoms with van der Waals surface area (Å²) in [4.78, 5) is 12.5. The molecule has 1 N–H and O–H groups in total. The number of benzene rings is 3. The van der Waals surface area contributed by atoms with Gasteiger partial charge in [0.05, 0.1) is 5.39 Å². The molecule has 5 heteroatoms. The van der Waals surface area contributed by atoms with Crippen molar-refractivity contribution in [1.82, 2.24) is 5.16 Å². The predicted octanol–water partition coefficient (Wildman–Crippen LogP) is 5.19. The quantitative estimate of drug-likeness (QED) is 0.555. The van der Waals surface area contributed by atoms with Gasteiger partial charge in [0.15, 0.2) is 5.76 Å². The molecule has 0 aliphatic carbocycles. The van der Waals surface area contributed by atoms with E-state index >= 15 is 0 Å². The van der Waals surface area contributed by atoms with Crippen molar-refractivity contribution in [3.63, 3.8) is 0 Å². The van der Waals surface area contributed by atoms with Crippen LogP contribution in [0.25, 0.3) is 22.2 Å². The fraction of sp³-hybridized carbons (Fsp3) is 0.0476. The van der Waals surface area contributed by atoms with Gasteiger partial charge >= 0.3 is 0 Å². The molecule has 0 saturated heterocycles. The molecule has 0 unspecified atom stereocenters. The van der Waals surface area contributed by atoms with Crippen LogP contribution in [0.5, 0.6) is 0 Å². The number of anilines is 1. The van der Waals surface area contributed by atoms with Crippen LogP contribution in [0.3, 0.4) is 0 Å². The number of hydrogen-bond donors (Lipinski definition) is 1. The zero-order chi connectivity index (χ0) is 18.1. The maximum absolute atomic E-state index is 13.1. The van der Waals surface area contributed by atoms with Gasteiger partial charge in [-0.05, 0) is 61.5 Å². The third kappa shape index (κ3) is 3.07. The van der Waals surface area contributed by atoms with Gasteiger partial charge in [0, 0.05) is 16.8 Å². The van der Waals surface area contributed by atoms with E-state index in [9.17, 15) is 9.18 Å². The zero-order valence-corrected chi connectivity index (χ0v) is 14.0. The molecule has 1 aromatic heterocycles. The van der Waals surface area contributed by atoms with Gasteiger partial charge in [0.1, 0.15) is 11.3 Å². The fourth-order valence-corrected chi connectivity index (χ4v) is 2.73. The van der Waals surface area contributed by atoms with Crippen LogP contribution < -0.4 is 5.32 Å². The van der Waals surface area contributed by atoms with E-state index in [2.05, 4.69) is 10.5 Å². The summed E-state index contributed by atoms with van der Waals surface area (Å²) < 4.78 is 18.5. The van der Waals surface area contributed by atoms with E-state index in [-0.39, 0.29) is 11.7 Å². The number of rotatable bonds is 3. The Balaban J connectivity index is 1.68. The maximum Gasteiger partial charge on any atom is 0.255 e. The third-order valence-electron chi connectivity index (χ3n) is 4.15. The molecule has 1 amide bonds. The van der Waals surface area contributed by atoms with Crippen molar-refractivity contribution >= 4 is 22.5 Å². The van der Waals surface area contributed by atoms with Gasteiger partial charge < -0.3 is 9.84 Å². The minimum Gasteiger partial charge on any atom is -0.355 e. The number of hydrogen-bond acceptors (Lipinski definition) is 3. The van der Waals surface area contributed by atoms with E-state index in [0.29, 0.717) is 27.8 Å². The summed E-state index contributed by atoms with van der Waals surface area (Å²) in [6.45, 7) is 1.99. The lowest BCUT2D eigenvalue weighted by Crippen LogP contribution is -2.11. The van der Waals surface area contributed by atoms with Gasteiger partial charge in [-0.25, -0.2) is 4.39 Å². The van der Waals surface area contributed by atoms with E-state index in [0.717, 1.165) is 11.3 Å². The number of nitrogens with zero attached hydrogens (tertiary/aromatic N) is 1. The molecule has 0 spiro atoms. The van der Waals surface area contributed by atoms with Crippen LogP contribution in [-0.2, 0) is 0 Å². The lowest BCUT2D eigenvalue weighted by atomic mass is 10.1. The Hall–Kier alpha value is -3.47. The highest BCUT2D eigenvalue weighted by Gasteiger charge is 2.14. The predicted molar refractivity (Wildman–Crippen MR) is 98.5 cm³/mol. The average molecular weight is 346 g/mol. The lowest BCUT2D eigenvalue weighted by Gasteiger charge is -2.06. The van der Waals surface area contributed by atoms with E-state index in [1.54, 1.807) is 30.3 Å². The Morgan fingerprint density at radius 1 is 1.00 bits per heavy atom. The van der Waals surface area contributed by atoms with Gasteiger partial charge in [0.25, 0.3) is 5.91 Å². The van der Waals surface area contributed by atoms with Crippen LogP contribution >= 0.6 is 0 Å². The standard InChI is InChI=1S/C21H15FN2O2/c1-13-2-9-17(10-3-13)23-21(25)15-6-11-19-18(12-15)20(26-24-19)14-4-7-16(22)8-5-14/h2-12H,1H3,(H,23,25). The minimum atomic E-state index is -0.323. The van der Waals surface area contributed by atoms with Gasteiger partial charge in [-0.15, -0.1) is 0 Å². The molecule has 128 valence electrons. The SMILES string of the molecule is Cc1ccc(NC(=O)c2ccc3noc(-c4ccc(F)cc4)c3c2)cc1. The second-order valence-corrected chi connectivity index (χ2v) is 6.07. The van der Waals surface area contributed by atoms with Crippen molar-refractivity contribution in [2.24, 2.45) is 0 Å². The number of carbonyl (C=O) groups excluding carboxylic acids is 1. The van der Waals surface area contributed by atoms with Crippen molar-refractivity contribution in [1.29, 1.82) is 0 Å². The van der Waals surface area contributed by atoms with E-state index in [1.165, 1.54) is 12.1 Å². The summed E-state index contributed by atoms with van der Waals surface area (Å²) in [5.74, 6) is -0.0391. The second kappa shape index (κ2) is 6.44. The normalized spacial score (nSPS) is 10.8. The molecule has 26 heavy (non-hydrogen) atoms. The Bertz CT molecular complexity index is 1080. The summed E-state index contributed by atoms with van der Waals surface area (Å²) in [5.41, 5.74) is 3.67. The van der Waals surface area contributed by atoms with Crippen molar-refractivity contribution in [2.45, 2.75) is 6.92 Å². The number of aromatic nitrogens is 1. The lowest BCUT2D eigenvalue weighted by molar-refractivity contribution is 0.102. The Labute approximate surface area is 149 Å². The van der Waals surface area contributed by atoms with Crippen LogP contribution in [0.15, 0.2) is 71.3 Å². The number of carbonyl (C=O) groups is 1. The smallest absolute Gasteiger partial charge is 0.255 e. The summed E-state index contributed by atoms with van der Waals surface area (Å²) in [6.07, 6.45) is 0. The first-order chi connectivity index (χ1) is 12.6. The number of halogens is 1. The van der Waals surface area contributed by atoms with Crippen molar-refractivity contribution < 1.29 is 13.7 Å². The largest absolute Gasteiger partial charge is 0.355 e. The molecule has 0 atom stereocenters. The van der Waals surface area contributed by atoms with Gasteiger partial charge in [0.2, 0.25) is 0 Å². The summed E-state index contributed by atoms with van der Waals surface area (Å²) in [5, 5.41) is 7.58. The molecule has 0 aliphatic heterocycles. The summed E-state index contributed by atoms with van der Waals surface area (Å²) in [7, 11) is 0. The maximum atomic E-state index is 13.1.